The van der Waals surface area contributed by atoms with Crippen LogP contribution in [0.25, 0.3) is 0 Å². The first kappa shape index (κ1) is 19.8. The molecule has 0 saturated carbocycles. The van der Waals surface area contributed by atoms with E-state index < -0.39 is 6.23 Å². The quantitative estimate of drug-likeness (QED) is 0.595. The van der Waals surface area contributed by atoms with Crippen molar-refractivity contribution in [3.63, 3.8) is 0 Å². The van der Waals surface area contributed by atoms with E-state index in [9.17, 15) is 4.79 Å². The van der Waals surface area contributed by atoms with Gasteiger partial charge in [0.05, 0.1) is 16.5 Å². The van der Waals surface area contributed by atoms with Crippen LogP contribution in [-0.4, -0.2) is 28.6 Å². The van der Waals surface area contributed by atoms with Gasteiger partial charge in [-0.2, -0.15) is 0 Å². The minimum Gasteiger partial charge on any atom is -0.468 e. The molecule has 1 aromatic heterocycles. The first-order valence-electron chi connectivity index (χ1n) is 7.92. The van der Waals surface area contributed by atoms with Gasteiger partial charge in [-0.15, -0.1) is 0 Å². The van der Waals surface area contributed by atoms with E-state index in [4.69, 9.17) is 39.5 Å². The molecular formula is C18H19Cl3N2O2. The van der Waals surface area contributed by atoms with Crippen molar-refractivity contribution < 1.29 is 9.53 Å². The second-order valence-corrected chi connectivity index (χ2v) is 6.79. The highest BCUT2D eigenvalue weighted by molar-refractivity contribution is 6.40. The third kappa shape index (κ3) is 5.50. The molecule has 1 heterocycles. The fraction of sp³-hybridized carbons (Fsp3) is 0.333. The Morgan fingerprint density at radius 2 is 1.96 bits per heavy atom. The van der Waals surface area contributed by atoms with E-state index in [2.05, 4.69) is 4.98 Å². The van der Waals surface area contributed by atoms with Crippen LogP contribution in [0.4, 0.5) is 0 Å². The predicted molar refractivity (Wildman–Crippen MR) is 102 cm³/mol. The molecule has 1 amide bonds. The first-order chi connectivity index (χ1) is 11.9. The summed E-state index contributed by atoms with van der Waals surface area (Å²) in [6.45, 7) is 4.35. The molecule has 0 aliphatic heterocycles. The number of amides is 1. The molecule has 0 N–H and O–H groups in total. The largest absolute Gasteiger partial charge is 0.468 e. The molecule has 25 heavy (non-hydrogen) atoms. The summed E-state index contributed by atoms with van der Waals surface area (Å²) in [7, 11) is 0. The van der Waals surface area contributed by atoms with Gasteiger partial charge in [-0.3, -0.25) is 9.78 Å². The summed E-state index contributed by atoms with van der Waals surface area (Å²) in [6, 6.07) is 6.78. The molecule has 1 unspecified atom stereocenters. The molecule has 0 fully saturated rings. The van der Waals surface area contributed by atoms with E-state index in [0.29, 0.717) is 27.4 Å². The highest BCUT2D eigenvalue weighted by Gasteiger charge is 2.23. The zero-order valence-electron chi connectivity index (χ0n) is 14.0. The highest BCUT2D eigenvalue weighted by atomic mass is 35.5. The third-order valence-electron chi connectivity index (χ3n) is 3.55. The number of hydrogen-bond acceptors (Lipinski definition) is 3. The van der Waals surface area contributed by atoms with Crippen molar-refractivity contribution in [3.8, 4) is 5.75 Å². The van der Waals surface area contributed by atoms with E-state index in [1.165, 1.54) is 0 Å². The van der Waals surface area contributed by atoms with Crippen LogP contribution in [-0.2, 0) is 11.2 Å². The maximum Gasteiger partial charge on any atom is 0.229 e. The summed E-state index contributed by atoms with van der Waals surface area (Å²) in [5.74, 6) is 0.263. The normalized spacial score (nSPS) is 11.9. The number of halogens is 3. The van der Waals surface area contributed by atoms with Crippen LogP contribution < -0.4 is 4.74 Å². The van der Waals surface area contributed by atoms with Crippen LogP contribution in [0.2, 0.25) is 15.1 Å². The lowest BCUT2D eigenvalue weighted by Crippen LogP contribution is -2.43. The van der Waals surface area contributed by atoms with Gasteiger partial charge < -0.3 is 9.64 Å². The number of pyridine rings is 1. The van der Waals surface area contributed by atoms with Crippen LogP contribution in [0.5, 0.6) is 5.75 Å². The van der Waals surface area contributed by atoms with E-state index in [-0.39, 0.29) is 12.3 Å². The van der Waals surface area contributed by atoms with Crippen molar-refractivity contribution in [1.82, 2.24) is 9.88 Å². The Kier molecular flexibility index (Phi) is 7.36. The van der Waals surface area contributed by atoms with Crippen molar-refractivity contribution in [2.75, 3.05) is 6.54 Å². The number of rotatable bonds is 7. The summed E-state index contributed by atoms with van der Waals surface area (Å²) in [5.41, 5.74) is 0.850. The molecule has 0 aliphatic carbocycles. The summed E-state index contributed by atoms with van der Waals surface area (Å²) >= 11 is 18.2. The summed E-state index contributed by atoms with van der Waals surface area (Å²) in [5, 5.41) is 1.04. The lowest BCUT2D eigenvalue weighted by atomic mass is 10.2. The van der Waals surface area contributed by atoms with Gasteiger partial charge in [0.25, 0.3) is 0 Å². The van der Waals surface area contributed by atoms with Gasteiger partial charge in [-0.05, 0) is 37.1 Å². The van der Waals surface area contributed by atoms with Crippen LogP contribution >= 0.6 is 34.8 Å². The average Bonchev–Trinajstić information content (AvgIpc) is 2.56. The first-order valence-corrected chi connectivity index (χ1v) is 9.05. The summed E-state index contributed by atoms with van der Waals surface area (Å²) < 4.78 is 5.87. The lowest BCUT2D eigenvalue weighted by Gasteiger charge is -2.30. The SMILES string of the molecule is CCCN(C(=O)Cc1cccnc1)C(C)Oc1c(Cl)cc(Cl)cc1Cl. The van der Waals surface area contributed by atoms with Gasteiger partial charge in [-0.1, -0.05) is 47.8 Å². The molecule has 0 saturated heterocycles. The maximum atomic E-state index is 12.7. The van der Waals surface area contributed by atoms with Crippen LogP contribution in [0.3, 0.4) is 0 Å². The van der Waals surface area contributed by atoms with Crippen LogP contribution in [0.15, 0.2) is 36.7 Å². The Labute approximate surface area is 162 Å². The number of ether oxygens (including phenoxy) is 1. The van der Waals surface area contributed by atoms with E-state index in [1.54, 1.807) is 42.4 Å². The molecule has 0 bridgehead atoms. The number of carbonyl (C=O) groups excluding carboxylic acids is 1. The third-order valence-corrected chi connectivity index (χ3v) is 4.33. The maximum absolute atomic E-state index is 12.7. The Morgan fingerprint density at radius 3 is 2.52 bits per heavy atom. The van der Waals surface area contributed by atoms with Crippen molar-refractivity contribution in [2.45, 2.75) is 32.9 Å². The summed E-state index contributed by atoms with van der Waals surface area (Å²) in [6.07, 6.45) is 3.88. The number of carbonyl (C=O) groups is 1. The monoisotopic (exact) mass is 400 g/mol. The minimum absolute atomic E-state index is 0.0523. The standard InChI is InChI=1S/C18H19Cl3N2O2/c1-3-7-23(17(24)8-13-5-4-6-22-11-13)12(2)25-18-15(20)9-14(19)10-16(18)21/h4-6,9-12H,3,7-8H2,1-2H3. The average molecular weight is 402 g/mol. The van der Waals surface area contributed by atoms with Crippen LogP contribution in [0, 0.1) is 0 Å². The molecule has 134 valence electrons. The van der Waals surface area contributed by atoms with Gasteiger partial charge in [0.1, 0.15) is 0 Å². The molecule has 1 atom stereocenters. The Morgan fingerprint density at radius 1 is 1.28 bits per heavy atom. The second kappa shape index (κ2) is 9.27. The molecular weight excluding hydrogens is 383 g/mol. The smallest absolute Gasteiger partial charge is 0.229 e. The molecule has 4 nitrogen and oxygen atoms in total. The van der Waals surface area contributed by atoms with Crippen molar-refractivity contribution in [1.29, 1.82) is 0 Å². The fourth-order valence-corrected chi connectivity index (χ4v) is 3.31. The zero-order valence-corrected chi connectivity index (χ0v) is 16.3. The topological polar surface area (TPSA) is 42.4 Å². The number of benzene rings is 1. The molecule has 0 aliphatic rings. The van der Waals surface area contributed by atoms with Crippen molar-refractivity contribution in [2.24, 2.45) is 0 Å². The number of aromatic nitrogens is 1. The Balaban J connectivity index is 2.15. The molecule has 1 aromatic carbocycles. The Bertz CT molecular complexity index is 703. The molecule has 2 rings (SSSR count). The number of hydrogen-bond donors (Lipinski definition) is 0. The van der Waals surface area contributed by atoms with Gasteiger partial charge >= 0.3 is 0 Å². The van der Waals surface area contributed by atoms with Gasteiger partial charge in [0, 0.05) is 24.0 Å². The van der Waals surface area contributed by atoms with E-state index >= 15 is 0 Å². The molecule has 0 radical (unpaired) electrons. The Hall–Kier alpha value is -1.49. The molecule has 0 spiro atoms. The van der Waals surface area contributed by atoms with E-state index in [0.717, 1.165) is 12.0 Å². The highest BCUT2D eigenvalue weighted by Crippen LogP contribution is 2.36. The molecule has 2 aromatic rings. The van der Waals surface area contributed by atoms with E-state index in [1.807, 2.05) is 13.0 Å². The van der Waals surface area contributed by atoms with Crippen molar-refractivity contribution in [3.05, 3.63) is 57.3 Å². The van der Waals surface area contributed by atoms with Crippen LogP contribution in [0.1, 0.15) is 25.8 Å². The zero-order chi connectivity index (χ0) is 18.4. The van der Waals surface area contributed by atoms with Gasteiger partial charge in [0.15, 0.2) is 12.0 Å². The minimum atomic E-state index is -0.528. The van der Waals surface area contributed by atoms with Gasteiger partial charge in [0.2, 0.25) is 5.91 Å². The summed E-state index contributed by atoms with van der Waals surface area (Å²) in [4.78, 5) is 18.4. The second-order valence-electron chi connectivity index (χ2n) is 5.54. The number of nitrogens with zero attached hydrogens (tertiary/aromatic N) is 2. The fourth-order valence-electron chi connectivity index (χ4n) is 2.40. The molecule has 7 heteroatoms. The van der Waals surface area contributed by atoms with Gasteiger partial charge in [-0.25, -0.2) is 0 Å². The van der Waals surface area contributed by atoms with Crippen molar-refractivity contribution >= 4 is 40.7 Å². The predicted octanol–water partition coefficient (Wildman–Crippen LogP) is 5.25. The lowest BCUT2D eigenvalue weighted by molar-refractivity contribution is -0.138.